The van der Waals surface area contributed by atoms with Gasteiger partial charge in [0.05, 0.1) is 6.61 Å². The molecule has 0 aromatic carbocycles. The van der Waals surface area contributed by atoms with Crippen molar-refractivity contribution < 1.29 is 9.53 Å². The SMILES string of the molecule is CC(C)=CCC/C(C)=C/C(=O)NCC1CCOC1. The Morgan fingerprint density at radius 2 is 2.17 bits per heavy atom. The molecule has 0 spiro atoms. The zero-order chi connectivity index (χ0) is 13.4. The predicted molar refractivity (Wildman–Crippen MR) is 74.4 cm³/mol. The van der Waals surface area contributed by atoms with Crippen molar-refractivity contribution in [3.05, 3.63) is 23.3 Å². The van der Waals surface area contributed by atoms with Gasteiger partial charge in [0, 0.05) is 25.1 Å². The van der Waals surface area contributed by atoms with Crippen molar-refractivity contribution in [2.45, 2.75) is 40.0 Å². The van der Waals surface area contributed by atoms with Crippen molar-refractivity contribution in [2.75, 3.05) is 19.8 Å². The van der Waals surface area contributed by atoms with Gasteiger partial charge in [-0.15, -0.1) is 0 Å². The van der Waals surface area contributed by atoms with Gasteiger partial charge in [0.1, 0.15) is 0 Å². The van der Waals surface area contributed by atoms with E-state index in [1.807, 2.05) is 6.92 Å². The largest absolute Gasteiger partial charge is 0.381 e. The number of allylic oxidation sites excluding steroid dienone is 3. The van der Waals surface area contributed by atoms with Crippen LogP contribution in [0, 0.1) is 5.92 Å². The lowest BCUT2D eigenvalue weighted by Gasteiger charge is -2.08. The minimum Gasteiger partial charge on any atom is -0.381 e. The minimum atomic E-state index is 0.0246. The topological polar surface area (TPSA) is 38.3 Å². The van der Waals surface area contributed by atoms with Crippen molar-refractivity contribution in [3.63, 3.8) is 0 Å². The molecule has 3 heteroatoms. The molecule has 0 aromatic heterocycles. The maximum Gasteiger partial charge on any atom is 0.243 e. The minimum absolute atomic E-state index is 0.0246. The molecule has 1 unspecified atom stereocenters. The fourth-order valence-corrected chi connectivity index (χ4v) is 1.92. The molecule has 0 bridgehead atoms. The Kier molecular flexibility index (Phi) is 6.73. The normalized spacial score (nSPS) is 19.7. The van der Waals surface area contributed by atoms with E-state index in [1.165, 1.54) is 5.57 Å². The van der Waals surface area contributed by atoms with Gasteiger partial charge in [-0.05, 0) is 40.0 Å². The van der Waals surface area contributed by atoms with E-state index >= 15 is 0 Å². The average Bonchev–Trinajstić information content (AvgIpc) is 2.78. The molecule has 0 aliphatic carbocycles. The summed E-state index contributed by atoms with van der Waals surface area (Å²) in [5.74, 6) is 0.518. The molecule has 1 aliphatic rings. The molecule has 0 radical (unpaired) electrons. The van der Waals surface area contributed by atoms with Crippen LogP contribution in [0.25, 0.3) is 0 Å². The molecule has 1 amide bonds. The zero-order valence-corrected chi connectivity index (χ0v) is 11.8. The van der Waals surface area contributed by atoms with Gasteiger partial charge in [0.25, 0.3) is 0 Å². The van der Waals surface area contributed by atoms with Gasteiger partial charge < -0.3 is 10.1 Å². The monoisotopic (exact) mass is 251 g/mol. The van der Waals surface area contributed by atoms with Crippen molar-refractivity contribution in [2.24, 2.45) is 5.92 Å². The van der Waals surface area contributed by atoms with Crippen LogP contribution >= 0.6 is 0 Å². The molecular formula is C15H25NO2. The van der Waals surface area contributed by atoms with Crippen LogP contribution in [0.15, 0.2) is 23.3 Å². The summed E-state index contributed by atoms with van der Waals surface area (Å²) in [7, 11) is 0. The molecule has 3 nitrogen and oxygen atoms in total. The Labute approximate surface area is 110 Å². The van der Waals surface area contributed by atoms with E-state index in [1.54, 1.807) is 6.08 Å². The Balaban J connectivity index is 2.21. The molecule has 0 saturated carbocycles. The summed E-state index contributed by atoms with van der Waals surface area (Å²) in [6.07, 6.45) is 6.93. The lowest BCUT2D eigenvalue weighted by molar-refractivity contribution is -0.116. The van der Waals surface area contributed by atoms with E-state index in [2.05, 4.69) is 25.2 Å². The van der Waals surface area contributed by atoms with E-state index in [0.29, 0.717) is 5.92 Å². The highest BCUT2D eigenvalue weighted by molar-refractivity contribution is 5.88. The first-order valence-corrected chi connectivity index (χ1v) is 6.74. The molecule has 102 valence electrons. The van der Waals surface area contributed by atoms with Crippen LogP contribution in [0.4, 0.5) is 0 Å². The molecule has 0 aromatic rings. The van der Waals surface area contributed by atoms with Gasteiger partial charge in [-0.1, -0.05) is 17.2 Å². The summed E-state index contributed by atoms with van der Waals surface area (Å²) in [6, 6.07) is 0. The first-order valence-electron chi connectivity index (χ1n) is 6.74. The van der Waals surface area contributed by atoms with Crippen LogP contribution in [0.5, 0.6) is 0 Å². The zero-order valence-electron chi connectivity index (χ0n) is 11.8. The second kappa shape index (κ2) is 8.09. The van der Waals surface area contributed by atoms with Gasteiger partial charge in [-0.2, -0.15) is 0 Å². The van der Waals surface area contributed by atoms with Crippen LogP contribution in [0.1, 0.15) is 40.0 Å². The van der Waals surface area contributed by atoms with Gasteiger partial charge in [-0.25, -0.2) is 0 Å². The second-order valence-electron chi connectivity index (χ2n) is 5.29. The molecule has 1 N–H and O–H groups in total. The van der Waals surface area contributed by atoms with E-state index in [9.17, 15) is 4.79 Å². The summed E-state index contributed by atoms with van der Waals surface area (Å²) in [5.41, 5.74) is 2.46. The van der Waals surface area contributed by atoms with Crippen LogP contribution in [0.3, 0.4) is 0 Å². The molecular weight excluding hydrogens is 226 g/mol. The summed E-state index contributed by atoms with van der Waals surface area (Å²) >= 11 is 0. The summed E-state index contributed by atoms with van der Waals surface area (Å²) in [6.45, 7) is 8.54. The summed E-state index contributed by atoms with van der Waals surface area (Å²) in [4.78, 5) is 11.7. The number of carbonyl (C=O) groups is 1. The van der Waals surface area contributed by atoms with Gasteiger partial charge >= 0.3 is 0 Å². The van der Waals surface area contributed by atoms with Crippen molar-refractivity contribution in [1.29, 1.82) is 0 Å². The van der Waals surface area contributed by atoms with Crippen molar-refractivity contribution in [3.8, 4) is 0 Å². The lowest BCUT2D eigenvalue weighted by atomic mass is 10.1. The number of nitrogens with one attached hydrogen (secondary N) is 1. The first kappa shape index (κ1) is 15.0. The molecule has 1 heterocycles. The summed E-state index contributed by atoms with van der Waals surface area (Å²) in [5, 5.41) is 2.94. The predicted octanol–water partition coefficient (Wildman–Crippen LogP) is 2.83. The van der Waals surface area contributed by atoms with E-state index in [0.717, 1.165) is 44.6 Å². The Morgan fingerprint density at radius 3 is 2.78 bits per heavy atom. The van der Waals surface area contributed by atoms with Crippen LogP contribution in [-0.4, -0.2) is 25.7 Å². The first-order chi connectivity index (χ1) is 8.58. The Bertz CT molecular complexity index is 321. The van der Waals surface area contributed by atoms with Gasteiger partial charge in [0.2, 0.25) is 5.91 Å². The number of amides is 1. The fraction of sp³-hybridized carbons (Fsp3) is 0.667. The molecule has 1 fully saturated rings. The quantitative estimate of drug-likeness (QED) is 0.582. The maximum atomic E-state index is 11.7. The van der Waals surface area contributed by atoms with E-state index < -0.39 is 0 Å². The Hall–Kier alpha value is -1.09. The highest BCUT2D eigenvalue weighted by Gasteiger charge is 2.15. The Morgan fingerprint density at radius 1 is 1.39 bits per heavy atom. The summed E-state index contributed by atoms with van der Waals surface area (Å²) < 4.78 is 5.27. The fourth-order valence-electron chi connectivity index (χ4n) is 1.92. The molecule has 1 saturated heterocycles. The van der Waals surface area contributed by atoms with Crippen molar-refractivity contribution >= 4 is 5.91 Å². The molecule has 1 rings (SSSR count). The third-order valence-electron chi connectivity index (χ3n) is 3.06. The number of ether oxygens (including phenoxy) is 1. The van der Waals surface area contributed by atoms with Gasteiger partial charge in [0.15, 0.2) is 0 Å². The third kappa shape index (κ3) is 6.60. The molecule has 1 aliphatic heterocycles. The number of carbonyl (C=O) groups excluding carboxylic acids is 1. The number of hydrogen-bond donors (Lipinski definition) is 1. The smallest absolute Gasteiger partial charge is 0.243 e. The highest BCUT2D eigenvalue weighted by atomic mass is 16.5. The third-order valence-corrected chi connectivity index (χ3v) is 3.06. The number of hydrogen-bond acceptors (Lipinski definition) is 2. The lowest BCUT2D eigenvalue weighted by Crippen LogP contribution is -2.28. The highest BCUT2D eigenvalue weighted by Crippen LogP contribution is 2.11. The number of rotatable bonds is 6. The van der Waals surface area contributed by atoms with Crippen LogP contribution in [-0.2, 0) is 9.53 Å². The standard InChI is InChI=1S/C15H25NO2/c1-12(2)5-4-6-13(3)9-15(17)16-10-14-7-8-18-11-14/h5,9,14H,4,6-8,10-11H2,1-3H3,(H,16,17)/b13-9+. The maximum absolute atomic E-state index is 11.7. The van der Waals surface area contributed by atoms with Crippen molar-refractivity contribution in [1.82, 2.24) is 5.32 Å². The van der Waals surface area contributed by atoms with E-state index in [4.69, 9.17) is 4.74 Å². The average molecular weight is 251 g/mol. The van der Waals surface area contributed by atoms with E-state index in [-0.39, 0.29) is 5.91 Å². The molecule has 18 heavy (non-hydrogen) atoms. The van der Waals surface area contributed by atoms with Crippen LogP contribution < -0.4 is 5.32 Å². The molecule has 1 atom stereocenters. The van der Waals surface area contributed by atoms with Crippen LogP contribution in [0.2, 0.25) is 0 Å². The van der Waals surface area contributed by atoms with Gasteiger partial charge in [-0.3, -0.25) is 4.79 Å². The second-order valence-corrected chi connectivity index (χ2v) is 5.29.